The van der Waals surface area contributed by atoms with Crippen LogP contribution in [0.1, 0.15) is 11.1 Å². The van der Waals surface area contributed by atoms with E-state index in [1.54, 1.807) is 24.3 Å². The highest BCUT2D eigenvalue weighted by molar-refractivity contribution is 6.30. The summed E-state index contributed by atoms with van der Waals surface area (Å²) in [6.45, 7) is 3.58. The molecule has 11 heavy (non-hydrogen) atoms. The fraction of sp³-hybridized carbons (Fsp3) is 0. The molecule has 54 valence electrons. The minimum Gasteiger partial charge on any atom is -0.192 e. The van der Waals surface area contributed by atoms with E-state index in [1.807, 2.05) is 6.07 Å². The van der Waals surface area contributed by atoms with E-state index in [0.29, 0.717) is 10.6 Å². The Hall–Kier alpha value is -1.26. The van der Waals surface area contributed by atoms with Crippen molar-refractivity contribution in [3.63, 3.8) is 0 Å². The normalized spacial score (nSPS) is 8.73. The maximum atomic E-state index is 8.54. The predicted octanol–water partition coefficient (Wildman–Crippen LogP) is 2.85. The molecular weight excluding hydrogens is 158 g/mol. The molecule has 0 fully saturated rings. The van der Waals surface area contributed by atoms with Crippen LogP contribution in [0.5, 0.6) is 0 Å². The molecule has 1 rings (SSSR count). The van der Waals surface area contributed by atoms with E-state index in [2.05, 4.69) is 6.58 Å². The van der Waals surface area contributed by atoms with Crippen LogP contribution in [0.2, 0.25) is 5.02 Å². The van der Waals surface area contributed by atoms with Crippen LogP contribution in [0.4, 0.5) is 0 Å². The summed E-state index contributed by atoms with van der Waals surface area (Å²) in [5.74, 6) is 0. The number of rotatable bonds is 1. The standard InChI is InChI=1S/C9H6ClN/c1-2-7-3-8(6-11)5-9(10)4-7/h2-5H,1H2. The maximum Gasteiger partial charge on any atom is 0.0992 e. The molecule has 0 spiro atoms. The molecule has 0 radical (unpaired) electrons. The van der Waals surface area contributed by atoms with Gasteiger partial charge in [-0.05, 0) is 23.8 Å². The third-order valence-electron chi connectivity index (χ3n) is 1.28. The van der Waals surface area contributed by atoms with Gasteiger partial charge in [0.2, 0.25) is 0 Å². The molecule has 2 heteroatoms. The lowest BCUT2D eigenvalue weighted by Crippen LogP contribution is -1.77. The molecule has 1 aromatic rings. The Morgan fingerprint density at radius 1 is 1.45 bits per heavy atom. The van der Waals surface area contributed by atoms with Crippen LogP contribution < -0.4 is 0 Å². The maximum absolute atomic E-state index is 8.54. The van der Waals surface area contributed by atoms with Gasteiger partial charge in [0.15, 0.2) is 0 Å². The van der Waals surface area contributed by atoms with Gasteiger partial charge in [0.1, 0.15) is 0 Å². The lowest BCUT2D eigenvalue weighted by Gasteiger charge is -1.94. The van der Waals surface area contributed by atoms with E-state index in [-0.39, 0.29) is 0 Å². The van der Waals surface area contributed by atoms with Gasteiger partial charge in [0.05, 0.1) is 11.6 Å². The van der Waals surface area contributed by atoms with Crippen LogP contribution in [0.25, 0.3) is 6.08 Å². The summed E-state index contributed by atoms with van der Waals surface area (Å²) in [4.78, 5) is 0. The van der Waals surface area contributed by atoms with E-state index >= 15 is 0 Å². The Balaban J connectivity index is 3.25. The van der Waals surface area contributed by atoms with Gasteiger partial charge in [0.25, 0.3) is 0 Å². The first-order valence-electron chi connectivity index (χ1n) is 3.09. The molecule has 0 aliphatic heterocycles. The van der Waals surface area contributed by atoms with Crippen molar-refractivity contribution >= 4 is 17.7 Å². The van der Waals surface area contributed by atoms with Gasteiger partial charge in [0, 0.05) is 5.02 Å². The van der Waals surface area contributed by atoms with Crippen LogP contribution in [0.15, 0.2) is 24.8 Å². The topological polar surface area (TPSA) is 23.8 Å². The van der Waals surface area contributed by atoms with E-state index in [0.717, 1.165) is 5.56 Å². The van der Waals surface area contributed by atoms with Gasteiger partial charge in [-0.15, -0.1) is 0 Å². The molecule has 0 aromatic heterocycles. The number of benzene rings is 1. The highest BCUT2D eigenvalue weighted by Crippen LogP contribution is 2.14. The second kappa shape index (κ2) is 3.23. The molecular formula is C9H6ClN. The number of nitrogens with zero attached hydrogens (tertiary/aromatic N) is 1. The van der Waals surface area contributed by atoms with E-state index in [4.69, 9.17) is 16.9 Å². The Bertz CT molecular complexity index is 323. The molecule has 0 saturated heterocycles. The van der Waals surface area contributed by atoms with Crippen molar-refractivity contribution in [3.05, 3.63) is 40.9 Å². The molecule has 0 amide bonds. The van der Waals surface area contributed by atoms with Crippen LogP contribution in [0, 0.1) is 11.3 Å². The zero-order valence-electron chi connectivity index (χ0n) is 5.84. The summed E-state index contributed by atoms with van der Waals surface area (Å²) in [6.07, 6.45) is 1.66. The molecule has 1 aromatic carbocycles. The van der Waals surface area contributed by atoms with Crippen molar-refractivity contribution in [3.8, 4) is 6.07 Å². The third-order valence-corrected chi connectivity index (χ3v) is 1.50. The van der Waals surface area contributed by atoms with Crippen molar-refractivity contribution in [2.75, 3.05) is 0 Å². The molecule has 0 saturated carbocycles. The van der Waals surface area contributed by atoms with Gasteiger partial charge in [-0.3, -0.25) is 0 Å². The Labute approximate surface area is 70.5 Å². The van der Waals surface area contributed by atoms with Gasteiger partial charge in [-0.1, -0.05) is 24.3 Å². The smallest absolute Gasteiger partial charge is 0.0992 e. The van der Waals surface area contributed by atoms with Crippen LogP contribution in [-0.4, -0.2) is 0 Å². The van der Waals surface area contributed by atoms with Crippen molar-refractivity contribution in [1.82, 2.24) is 0 Å². The average molecular weight is 164 g/mol. The van der Waals surface area contributed by atoms with Crippen LogP contribution in [-0.2, 0) is 0 Å². The number of hydrogen-bond acceptors (Lipinski definition) is 1. The largest absolute Gasteiger partial charge is 0.192 e. The molecule has 0 N–H and O–H groups in total. The summed E-state index contributed by atoms with van der Waals surface area (Å²) in [7, 11) is 0. The van der Waals surface area contributed by atoms with Gasteiger partial charge < -0.3 is 0 Å². The molecule has 0 atom stereocenters. The van der Waals surface area contributed by atoms with E-state index < -0.39 is 0 Å². The van der Waals surface area contributed by atoms with Crippen molar-refractivity contribution in [2.24, 2.45) is 0 Å². The summed E-state index contributed by atoms with van der Waals surface area (Å²) < 4.78 is 0. The lowest BCUT2D eigenvalue weighted by atomic mass is 10.1. The number of halogens is 1. The zero-order valence-corrected chi connectivity index (χ0v) is 6.60. The van der Waals surface area contributed by atoms with Crippen LogP contribution >= 0.6 is 11.6 Å². The van der Waals surface area contributed by atoms with Gasteiger partial charge >= 0.3 is 0 Å². The van der Waals surface area contributed by atoms with E-state index in [9.17, 15) is 0 Å². The van der Waals surface area contributed by atoms with Crippen molar-refractivity contribution in [2.45, 2.75) is 0 Å². The van der Waals surface area contributed by atoms with Crippen molar-refractivity contribution < 1.29 is 0 Å². The van der Waals surface area contributed by atoms with Gasteiger partial charge in [-0.2, -0.15) is 5.26 Å². The number of hydrogen-bond donors (Lipinski definition) is 0. The summed E-state index contributed by atoms with van der Waals surface area (Å²) in [5.41, 5.74) is 1.43. The van der Waals surface area contributed by atoms with Crippen LogP contribution in [0.3, 0.4) is 0 Å². The fourth-order valence-electron chi connectivity index (χ4n) is 0.795. The minimum absolute atomic E-state index is 0.562. The molecule has 0 aliphatic carbocycles. The summed E-state index contributed by atoms with van der Waals surface area (Å²) >= 11 is 5.71. The third kappa shape index (κ3) is 1.83. The molecule has 1 nitrogen and oxygen atoms in total. The monoisotopic (exact) mass is 163 g/mol. The molecule has 0 bridgehead atoms. The zero-order chi connectivity index (χ0) is 8.27. The Morgan fingerprint density at radius 3 is 2.73 bits per heavy atom. The molecule has 0 unspecified atom stereocenters. The second-order valence-corrected chi connectivity index (χ2v) is 2.53. The predicted molar refractivity (Wildman–Crippen MR) is 46.3 cm³/mol. The summed E-state index contributed by atoms with van der Waals surface area (Å²) in [6, 6.07) is 7.12. The second-order valence-electron chi connectivity index (χ2n) is 2.09. The summed E-state index contributed by atoms with van der Waals surface area (Å²) in [5, 5.41) is 9.11. The first kappa shape index (κ1) is 7.84. The van der Waals surface area contributed by atoms with Crippen molar-refractivity contribution in [1.29, 1.82) is 5.26 Å². The molecule has 0 aliphatic rings. The molecule has 0 heterocycles. The first-order valence-corrected chi connectivity index (χ1v) is 3.47. The van der Waals surface area contributed by atoms with Gasteiger partial charge in [-0.25, -0.2) is 0 Å². The SMILES string of the molecule is C=Cc1cc(Cl)cc(C#N)c1. The Kier molecular flexibility index (Phi) is 2.30. The average Bonchev–Trinajstić information content (AvgIpc) is 2.03. The Morgan fingerprint density at radius 2 is 2.18 bits per heavy atom. The lowest BCUT2D eigenvalue weighted by molar-refractivity contribution is 1.48. The fourth-order valence-corrected chi connectivity index (χ4v) is 1.04. The highest BCUT2D eigenvalue weighted by atomic mass is 35.5. The number of nitriles is 1. The first-order chi connectivity index (χ1) is 5.26. The quantitative estimate of drug-likeness (QED) is 0.625. The minimum atomic E-state index is 0.562. The van der Waals surface area contributed by atoms with E-state index in [1.165, 1.54) is 0 Å². The highest BCUT2D eigenvalue weighted by Gasteiger charge is 1.94.